The van der Waals surface area contributed by atoms with Crippen molar-refractivity contribution >= 4 is 15.9 Å². The topological polar surface area (TPSA) is 98.5 Å². The summed E-state index contributed by atoms with van der Waals surface area (Å²) >= 11 is 0. The number of benzene rings is 1. The number of nitrogens with two attached hydrogens (primary N) is 1. The Labute approximate surface area is 113 Å². The number of ether oxygens (including phenoxy) is 1. The zero-order valence-electron chi connectivity index (χ0n) is 10.9. The quantitative estimate of drug-likeness (QED) is 0.797. The summed E-state index contributed by atoms with van der Waals surface area (Å²) in [4.78, 5) is 11.6. The number of nitrogens with one attached hydrogen (secondary N) is 1. The lowest BCUT2D eigenvalue weighted by Crippen LogP contribution is -2.27. The molecule has 1 aromatic rings. The molecule has 1 aromatic carbocycles. The maximum Gasteiger partial charge on any atom is 0.238 e. The summed E-state index contributed by atoms with van der Waals surface area (Å²) in [6.07, 6.45) is 0.260. The summed E-state index contributed by atoms with van der Waals surface area (Å²) in [6, 6.07) is 5.89. The van der Waals surface area contributed by atoms with Crippen molar-refractivity contribution in [2.24, 2.45) is 5.14 Å². The lowest BCUT2D eigenvalue weighted by molar-refractivity contribution is -0.122. The molecule has 0 radical (unpaired) electrons. The monoisotopic (exact) mass is 286 g/mol. The van der Waals surface area contributed by atoms with Gasteiger partial charge in [-0.15, -0.1) is 0 Å². The summed E-state index contributed by atoms with van der Waals surface area (Å²) in [5, 5.41) is 7.82. The highest BCUT2D eigenvalue weighted by Crippen LogP contribution is 2.16. The molecule has 7 heteroatoms. The normalized spacial score (nSPS) is 13.0. The van der Waals surface area contributed by atoms with Gasteiger partial charge in [-0.1, -0.05) is 12.1 Å². The molecule has 3 N–H and O–H groups in total. The molecule has 6 nitrogen and oxygen atoms in total. The van der Waals surface area contributed by atoms with Crippen LogP contribution in [0.25, 0.3) is 0 Å². The fraction of sp³-hybridized carbons (Fsp3) is 0.417. The third-order valence-electron chi connectivity index (χ3n) is 2.60. The van der Waals surface area contributed by atoms with Gasteiger partial charge in [-0.3, -0.25) is 4.79 Å². The fourth-order valence-corrected chi connectivity index (χ4v) is 2.12. The summed E-state index contributed by atoms with van der Waals surface area (Å²) in [7, 11) is -2.21. The second-order valence-electron chi connectivity index (χ2n) is 4.15. The van der Waals surface area contributed by atoms with Gasteiger partial charge in [0.15, 0.2) is 0 Å². The van der Waals surface area contributed by atoms with Crippen LogP contribution in [0.15, 0.2) is 29.2 Å². The van der Waals surface area contributed by atoms with Crippen molar-refractivity contribution in [1.29, 1.82) is 0 Å². The first kappa shape index (κ1) is 15.6. The number of amides is 1. The minimum Gasteiger partial charge on any atom is -0.384 e. The van der Waals surface area contributed by atoms with Gasteiger partial charge in [-0.25, -0.2) is 13.6 Å². The highest BCUT2D eigenvalue weighted by atomic mass is 32.2. The van der Waals surface area contributed by atoms with E-state index in [9.17, 15) is 13.2 Å². The van der Waals surface area contributed by atoms with Crippen molar-refractivity contribution in [3.8, 4) is 0 Å². The van der Waals surface area contributed by atoms with Crippen LogP contribution in [0.1, 0.15) is 24.9 Å². The fourth-order valence-electron chi connectivity index (χ4n) is 1.55. The molecule has 106 valence electrons. The highest BCUT2D eigenvalue weighted by molar-refractivity contribution is 7.89. The van der Waals surface area contributed by atoms with Gasteiger partial charge in [0, 0.05) is 13.5 Å². The third kappa shape index (κ3) is 4.98. The molecule has 19 heavy (non-hydrogen) atoms. The summed E-state index contributed by atoms with van der Waals surface area (Å²) in [5.74, 6) is -0.157. The number of hydrogen-bond acceptors (Lipinski definition) is 4. The van der Waals surface area contributed by atoms with Crippen LogP contribution in [0.2, 0.25) is 0 Å². The second-order valence-corrected chi connectivity index (χ2v) is 5.71. The van der Waals surface area contributed by atoms with Crippen LogP contribution < -0.4 is 10.5 Å². The molecule has 0 spiro atoms. The molecule has 0 saturated carbocycles. The predicted molar refractivity (Wildman–Crippen MR) is 70.9 cm³/mol. The summed E-state index contributed by atoms with van der Waals surface area (Å²) in [5.41, 5.74) is 0.678. The molecule has 0 bridgehead atoms. The minimum absolute atomic E-state index is 0.0305. The van der Waals surface area contributed by atoms with Crippen molar-refractivity contribution in [1.82, 2.24) is 5.32 Å². The van der Waals surface area contributed by atoms with Crippen LogP contribution in [0.5, 0.6) is 0 Å². The van der Waals surface area contributed by atoms with Crippen molar-refractivity contribution in [3.63, 3.8) is 0 Å². The Morgan fingerprint density at radius 2 is 2.16 bits per heavy atom. The first-order chi connectivity index (χ1) is 8.84. The Morgan fingerprint density at radius 1 is 1.47 bits per heavy atom. The Balaban J connectivity index is 2.77. The van der Waals surface area contributed by atoms with Gasteiger partial charge in [-0.05, 0) is 24.6 Å². The van der Waals surface area contributed by atoms with Gasteiger partial charge in [0.25, 0.3) is 0 Å². The molecule has 1 rings (SSSR count). The van der Waals surface area contributed by atoms with E-state index in [0.29, 0.717) is 12.2 Å². The molecule has 0 aliphatic heterocycles. The average Bonchev–Trinajstić information content (AvgIpc) is 2.35. The zero-order chi connectivity index (χ0) is 14.5. The van der Waals surface area contributed by atoms with E-state index in [1.54, 1.807) is 19.1 Å². The molecule has 0 aliphatic rings. The summed E-state index contributed by atoms with van der Waals surface area (Å²) < 4.78 is 27.3. The number of rotatable bonds is 6. The first-order valence-corrected chi connectivity index (χ1v) is 7.30. The number of carbonyl (C=O) groups is 1. The van der Waals surface area contributed by atoms with Crippen LogP contribution >= 0.6 is 0 Å². The number of carbonyl (C=O) groups excluding carboxylic acids is 1. The van der Waals surface area contributed by atoms with E-state index in [0.717, 1.165) is 0 Å². The molecule has 1 atom stereocenters. The van der Waals surface area contributed by atoms with Gasteiger partial charge in [0.05, 0.1) is 17.5 Å². The predicted octanol–water partition coefficient (Wildman–Crippen LogP) is 0.548. The standard InChI is InChI=1S/C12H18N2O4S/c1-9(14-12(15)6-7-18-2)10-4-3-5-11(8-10)19(13,16)17/h3-5,8-9H,6-7H2,1-2H3,(H,14,15)(H2,13,16,17). The maximum atomic E-state index is 11.5. The Kier molecular flexibility index (Phi) is 5.46. The van der Waals surface area contributed by atoms with Crippen LogP contribution in [0.3, 0.4) is 0 Å². The molecule has 1 unspecified atom stereocenters. The molecule has 0 fully saturated rings. The second kappa shape index (κ2) is 6.65. The Bertz CT molecular complexity index is 542. The SMILES string of the molecule is COCCC(=O)NC(C)c1cccc(S(N)(=O)=O)c1. The maximum absolute atomic E-state index is 11.5. The molecule has 0 aromatic heterocycles. The molecule has 1 amide bonds. The van der Waals surface area contributed by atoms with E-state index >= 15 is 0 Å². The van der Waals surface area contributed by atoms with Gasteiger partial charge in [0.2, 0.25) is 15.9 Å². The van der Waals surface area contributed by atoms with Crippen molar-refractivity contribution in [2.45, 2.75) is 24.3 Å². The first-order valence-electron chi connectivity index (χ1n) is 5.75. The molecule has 0 saturated heterocycles. The van der Waals surface area contributed by atoms with Gasteiger partial charge in [0.1, 0.15) is 0 Å². The van der Waals surface area contributed by atoms with Crippen LogP contribution in [0, 0.1) is 0 Å². The highest BCUT2D eigenvalue weighted by Gasteiger charge is 2.13. The van der Waals surface area contributed by atoms with Crippen LogP contribution in [-0.2, 0) is 19.6 Å². The average molecular weight is 286 g/mol. The van der Waals surface area contributed by atoms with Crippen molar-refractivity contribution < 1.29 is 17.9 Å². The van der Waals surface area contributed by atoms with E-state index in [1.807, 2.05) is 0 Å². The molecule has 0 heterocycles. The van der Waals surface area contributed by atoms with E-state index in [1.165, 1.54) is 19.2 Å². The van der Waals surface area contributed by atoms with Gasteiger partial charge >= 0.3 is 0 Å². The van der Waals surface area contributed by atoms with E-state index in [4.69, 9.17) is 9.88 Å². The smallest absolute Gasteiger partial charge is 0.238 e. The number of primary sulfonamides is 1. The van der Waals surface area contributed by atoms with E-state index in [-0.39, 0.29) is 23.3 Å². The minimum atomic E-state index is -3.73. The number of hydrogen-bond donors (Lipinski definition) is 2. The zero-order valence-corrected chi connectivity index (χ0v) is 11.7. The molecule has 0 aliphatic carbocycles. The van der Waals surface area contributed by atoms with Gasteiger partial charge in [-0.2, -0.15) is 0 Å². The van der Waals surface area contributed by atoms with Crippen LogP contribution in [-0.4, -0.2) is 28.0 Å². The summed E-state index contributed by atoms with van der Waals surface area (Å²) in [6.45, 7) is 2.11. The van der Waals surface area contributed by atoms with Crippen LogP contribution in [0.4, 0.5) is 0 Å². The lowest BCUT2D eigenvalue weighted by Gasteiger charge is -2.15. The Morgan fingerprint density at radius 3 is 2.74 bits per heavy atom. The Hall–Kier alpha value is -1.44. The number of sulfonamides is 1. The van der Waals surface area contributed by atoms with E-state index < -0.39 is 10.0 Å². The van der Waals surface area contributed by atoms with Crippen molar-refractivity contribution in [3.05, 3.63) is 29.8 Å². The largest absolute Gasteiger partial charge is 0.384 e. The number of methoxy groups -OCH3 is 1. The molecular weight excluding hydrogens is 268 g/mol. The van der Waals surface area contributed by atoms with Crippen molar-refractivity contribution in [2.75, 3.05) is 13.7 Å². The van der Waals surface area contributed by atoms with E-state index in [2.05, 4.69) is 5.32 Å². The lowest BCUT2D eigenvalue weighted by atomic mass is 10.1. The third-order valence-corrected chi connectivity index (χ3v) is 3.51. The molecular formula is C12H18N2O4S. The van der Waals surface area contributed by atoms with Gasteiger partial charge < -0.3 is 10.1 Å².